The molecule has 2 rings (SSSR count). The molecule has 1 aromatic rings. The van der Waals surface area contributed by atoms with Crippen LogP contribution in [-0.2, 0) is 6.42 Å². The highest BCUT2D eigenvalue weighted by atomic mass is 16.5. The molecule has 0 bridgehead atoms. The van der Waals surface area contributed by atoms with E-state index < -0.39 is 0 Å². The number of hydrogen-bond acceptors (Lipinski definition) is 4. The molecule has 1 heterocycles. The number of nitrogens with one attached hydrogen (secondary N) is 2. The van der Waals surface area contributed by atoms with E-state index >= 15 is 0 Å². The lowest BCUT2D eigenvalue weighted by atomic mass is 10.0. The predicted octanol–water partition coefficient (Wildman–Crippen LogP) is 3.13. The molecule has 1 aromatic carbocycles. The second-order valence-electron chi connectivity index (χ2n) is 6.58. The summed E-state index contributed by atoms with van der Waals surface area (Å²) < 4.78 is 5.83. The van der Waals surface area contributed by atoms with Gasteiger partial charge < -0.3 is 20.3 Å². The van der Waals surface area contributed by atoms with Crippen LogP contribution in [0.15, 0.2) is 18.2 Å². The summed E-state index contributed by atoms with van der Waals surface area (Å²) in [6.07, 6.45) is 2.51. The molecular weight excluding hydrogens is 286 g/mol. The standard InChI is InChI=1S/C19H33N3O/c1-5-22(6-2)11-7-10-20-15(3)12-17-8-9-19-18(13-17)21-14-16(4)23-19/h8-9,13,15-16,20-21H,5-7,10-12,14H2,1-4H3. The molecule has 0 saturated carbocycles. The molecular formula is C19H33N3O. The van der Waals surface area contributed by atoms with Gasteiger partial charge in [0.05, 0.1) is 12.2 Å². The van der Waals surface area contributed by atoms with E-state index in [9.17, 15) is 0 Å². The van der Waals surface area contributed by atoms with Crippen LogP contribution >= 0.6 is 0 Å². The number of anilines is 1. The Kier molecular flexibility index (Phi) is 7.18. The fourth-order valence-corrected chi connectivity index (χ4v) is 3.07. The van der Waals surface area contributed by atoms with E-state index in [2.05, 4.69) is 61.4 Å². The molecule has 130 valence electrons. The number of hydrogen-bond donors (Lipinski definition) is 2. The van der Waals surface area contributed by atoms with Gasteiger partial charge in [-0.15, -0.1) is 0 Å². The summed E-state index contributed by atoms with van der Waals surface area (Å²) >= 11 is 0. The Morgan fingerprint density at radius 2 is 2.13 bits per heavy atom. The monoisotopic (exact) mass is 319 g/mol. The van der Waals surface area contributed by atoms with Crippen LogP contribution in [-0.4, -0.2) is 49.8 Å². The molecule has 0 aromatic heterocycles. The van der Waals surface area contributed by atoms with Gasteiger partial charge in [0, 0.05) is 6.04 Å². The molecule has 2 unspecified atom stereocenters. The molecule has 2 atom stereocenters. The highest BCUT2D eigenvalue weighted by Gasteiger charge is 2.15. The minimum absolute atomic E-state index is 0.250. The topological polar surface area (TPSA) is 36.5 Å². The summed E-state index contributed by atoms with van der Waals surface area (Å²) in [5.74, 6) is 0.979. The number of fused-ring (bicyclic) bond motifs is 1. The van der Waals surface area contributed by atoms with Gasteiger partial charge in [-0.1, -0.05) is 19.9 Å². The van der Waals surface area contributed by atoms with Crippen molar-refractivity contribution >= 4 is 5.69 Å². The van der Waals surface area contributed by atoms with Gasteiger partial charge in [0.1, 0.15) is 11.9 Å². The van der Waals surface area contributed by atoms with Gasteiger partial charge in [-0.05, 0) is 70.6 Å². The van der Waals surface area contributed by atoms with Crippen LogP contribution in [0.1, 0.15) is 39.7 Å². The molecule has 0 aliphatic carbocycles. The van der Waals surface area contributed by atoms with Gasteiger partial charge in [-0.2, -0.15) is 0 Å². The molecule has 0 radical (unpaired) electrons. The lowest BCUT2D eigenvalue weighted by Gasteiger charge is -2.25. The smallest absolute Gasteiger partial charge is 0.142 e. The minimum Gasteiger partial charge on any atom is -0.487 e. The zero-order chi connectivity index (χ0) is 16.7. The maximum atomic E-state index is 5.83. The first-order valence-corrected chi connectivity index (χ1v) is 9.11. The maximum absolute atomic E-state index is 5.83. The average molecular weight is 319 g/mol. The van der Waals surface area contributed by atoms with Crippen LogP contribution in [0.3, 0.4) is 0 Å². The van der Waals surface area contributed by atoms with E-state index in [-0.39, 0.29) is 6.10 Å². The van der Waals surface area contributed by atoms with E-state index in [1.807, 2.05) is 0 Å². The summed E-state index contributed by atoms with van der Waals surface area (Å²) in [6, 6.07) is 7.01. The fourth-order valence-electron chi connectivity index (χ4n) is 3.07. The first-order chi connectivity index (χ1) is 11.1. The van der Waals surface area contributed by atoms with Gasteiger partial charge in [-0.25, -0.2) is 0 Å². The summed E-state index contributed by atoms with van der Waals surface area (Å²) in [5.41, 5.74) is 2.49. The van der Waals surface area contributed by atoms with Crippen molar-refractivity contribution in [3.05, 3.63) is 23.8 Å². The van der Waals surface area contributed by atoms with Crippen molar-refractivity contribution in [3.63, 3.8) is 0 Å². The third kappa shape index (κ3) is 5.70. The van der Waals surface area contributed by atoms with E-state index in [0.29, 0.717) is 6.04 Å². The molecule has 0 spiro atoms. The Hall–Kier alpha value is -1.26. The molecule has 4 nitrogen and oxygen atoms in total. The Balaban J connectivity index is 1.74. The lowest BCUT2D eigenvalue weighted by Crippen LogP contribution is -2.32. The van der Waals surface area contributed by atoms with Gasteiger partial charge in [0.15, 0.2) is 0 Å². The van der Waals surface area contributed by atoms with Crippen molar-refractivity contribution in [1.29, 1.82) is 0 Å². The zero-order valence-corrected chi connectivity index (χ0v) is 15.2. The van der Waals surface area contributed by atoms with E-state index in [4.69, 9.17) is 4.74 Å². The van der Waals surface area contributed by atoms with E-state index in [1.54, 1.807) is 0 Å². The summed E-state index contributed by atoms with van der Waals surface area (Å²) in [4.78, 5) is 2.47. The zero-order valence-electron chi connectivity index (χ0n) is 15.2. The second-order valence-corrected chi connectivity index (χ2v) is 6.58. The van der Waals surface area contributed by atoms with Gasteiger partial charge in [0.2, 0.25) is 0 Å². The van der Waals surface area contributed by atoms with Crippen LogP contribution in [0.25, 0.3) is 0 Å². The first-order valence-electron chi connectivity index (χ1n) is 9.11. The summed E-state index contributed by atoms with van der Waals surface area (Å²) in [5, 5.41) is 7.10. The van der Waals surface area contributed by atoms with Crippen molar-refractivity contribution in [2.45, 2.75) is 52.7 Å². The molecule has 1 aliphatic rings. The minimum atomic E-state index is 0.250. The number of rotatable bonds is 9. The normalized spacial score (nSPS) is 18.2. The Bertz CT molecular complexity index is 474. The second kappa shape index (κ2) is 9.14. The van der Waals surface area contributed by atoms with Crippen molar-refractivity contribution in [3.8, 4) is 5.75 Å². The maximum Gasteiger partial charge on any atom is 0.142 e. The number of benzene rings is 1. The molecule has 0 amide bonds. The van der Waals surface area contributed by atoms with Gasteiger partial charge in [-0.3, -0.25) is 0 Å². The van der Waals surface area contributed by atoms with Gasteiger partial charge >= 0.3 is 0 Å². The molecule has 4 heteroatoms. The molecule has 23 heavy (non-hydrogen) atoms. The summed E-state index contributed by atoms with van der Waals surface area (Å²) in [7, 11) is 0. The number of nitrogens with zero attached hydrogens (tertiary/aromatic N) is 1. The van der Waals surface area contributed by atoms with Gasteiger partial charge in [0.25, 0.3) is 0 Å². The van der Waals surface area contributed by atoms with Crippen LogP contribution in [0.4, 0.5) is 5.69 Å². The fraction of sp³-hybridized carbons (Fsp3) is 0.684. The molecule has 0 saturated heterocycles. The van der Waals surface area contributed by atoms with Crippen molar-refractivity contribution in [2.75, 3.05) is 38.0 Å². The summed E-state index contributed by atoms with van der Waals surface area (Å²) in [6.45, 7) is 14.3. The van der Waals surface area contributed by atoms with E-state index in [0.717, 1.165) is 44.0 Å². The average Bonchev–Trinajstić information content (AvgIpc) is 2.55. The lowest BCUT2D eigenvalue weighted by molar-refractivity contribution is 0.226. The van der Waals surface area contributed by atoms with Crippen LogP contribution in [0.2, 0.25) is 0 Å². The van der Waals surface area contributed by atoms with Crippen molar-refractivity contribution in [2.24, 2.45) is 0 Å². The van der Waals surface area contributed by atoms with Crippen LogP contribution in [0, 0.1) is 0 Å². The predicted molar refractivity (Wildman–Crippen MR) is 98.6 cm³/mol. The highest BCUT2D eigenvalue weighted by Crippen LogP contribution is 2.30. The quantitative estimate of drug-likeness (QED) is 0.686. The van der Waals surface area contributed by atoms with Crippen LogP contribution in [0.5, 0.6) is 5.75 Å². The first kappa shape index (κ1) is 18.1. The Labute approximate surface area is 141 Å². The van der Waals surface area contributed by atoms with Crippen molar-refractivity contribution in [1.82, 2.24) is 10.2 Å². The number of ether oxygens (including phenoxy) is 1. The van der Waals surface area contributed by atoms with E-state index in [1.165, 1.54) is 18.5 Å². The molecule has 0 fully saturated rings. The third-order valence-corrected chi connectivity index (χ3v) is 4.53. The highest BCUT2D eigenvalue weighted by molar-refractivity contribution is 5.59. The largest absolute Gasteiger partial charge is 0.487 e. The Morgan fingerprint density at radius 1 is 1.35 bits per heavy atom. The Morgan fingerprint density at radius 3 is 2.87 bits per heavy atom. The van der Waals surface area contributed by atoms with Crippen LogP contribution < -0.4 is 15.4 Å². The van der Waals surface area contributed by atoms with Crippen molar-refractivity contribution < 1.29 is 4.74 Å². The SMILES string of the molecule is CCN(CC)CCCNC(C)Cc1ccc2c(c1)NCC(C)O2. The third-order valence-electron chi connectivity index (χ3n) is 4.53. The molecule has 1 aliphatic heterocycles. The molecule has 2 N–H and O–H groups in total.